The zero-order valence-corrected chi connectivity index (χ0v) is 17.6. The molecular weight excluding hydrogens is 429 g/mol. The molecule has 1 aliphatic heterocycles. The fourth-order valence-electron chi connectivity index (χ4n) is 3.88. The molecule has 1 aromatic carbocycles. The van der Waals surface area contributed by atoms with Crippen LogP contribution in [0, 0.1) is 5.82 Å². The lowest BCUT2D eigenvalue weighted by Crippen LogP contribution is -2.37. The molecule has 0 aliphatic carbocycles. The van der Waals surface area contributed by atoms with Gasteiger partial charge in [-0.15, -0.1) is 0 Å². The van der Waals surface area contributed by atoms with Gasteiger partial charge in [0.05, 0.1) is 17.6 Å². The van der Waals surface area contributed by atoms with Crippen LogP contribution in [-0.4, -0.2) is 46.8 Å². The highest BCUT2D eigenvalue weighted by Crippen LogP contribution is 2.37. The molecule has 2 aromatic heterocycles. The smallest absolute Gasteiger partial charge is 0.256 e. The summed E-state index contributed by atoms with van der Waals surface area (Å²) in [7, 11) is -3.26. The lowest BCUT2D eigenvalue weighted by molar-refractivity contribution is 0.0568. The Labute approximate surface area is 178 Å². The van der Waals surface area contributed by atoms with E-state index in [4.69, 9.17) is 0 Å². The summed E-state index contributed by atoms with van der Waals surface area (Å²) < 4.78 is 65.1. The lowest BCUT2D eigenvalue weighted by Gasteiger charge is -2.31. The van der Waals surface area contributed by atoms with E-state index in [1.54, 1.807) is 24.4 Å². The highest BCUT2D eigenvalue weighted by Gasteiger charge is 2.28. The van der Waals surface area contributed by atoms with E-state index >= 15 is 0 Å². The minimum Gasteiger partial charge on any atom is -0.256 e. The van der Waals surface area contributed by atoms with Crippen LogP contribution in [0.5, 0.6) is 0 Å². The van der Waals surface area contributed by atoms with Crippen LogP contribution in [0.4, 0.5) is 13.2 Å². The molecule has 3 aromatic rings. The molecule has 0 N–H and O–H groups in total. The average Bonchev–Trinajstić information content (AvgIpc) is 3.24. The second-order valence-corrected chi connectivity index (χ2v) is 9.54. The number of piperidine rings is 1. The Bertz CT molecular complexity index is 1170. The van der Waals surface area contributed by atoms with Gasteiger partial charge in [0.15, 0.2) is 0 Å². The van der Waals surface area contributed by atoms with Gasteiger partial charge in [0, 0.05) is 36.6 Å². The number of nitrogens with zero attached hydrogens (tertiary/aromatic N) is 4. The molecule has 0 bridgehead atoms. The molecule has 0 spiro atoms. The summed E-state index contributed by atoms with van der Waals surface area (Å²) in [6, 6.07) is 9.15. The summed E-state index contributed by atoms with van der Waals surface area (Å²) in [4.78, 5) is 4.51. The first-order valence-corrected chi connectivity index (χ1v) is 11.6. The van der Waals surface area contributed by atoms with Crippen molar-refractivity contribution >= 4 is 10.0 Å². The average molecular weight is 450 g/mol. The molecule has 0 unspecified atom stereocenters. The number of hydrogen-bond acceptors (Lipinski definition) is 4. The minimum atomic E-state index is -3.26. The maximum absolute atomic E-state index is 13.3. The van der Waals surface area contributed by atoms with Gasteiger partial charge >= 0.3 is 6.55 Å². The van der Waals surface area contributed by atoms with Gasteiger partial charge < -0.3 is 0 Å². The van der Waals surface area contributed by atoms with Crippen LogP contribution in [0.1, 0.15) is 30.9 Å². The summed E-state index contributed by atoms with van der Waals surface area (Å²) in [5.74, 6) is -0.353. The molecule has 1 saturated heterocycles. The van der Waals surface area contributed by atoms with Gasteiger partial charge in [0.1, 0.15) is 5.82 Å². The molecule has 10 heteroatoms. The van der Waals surface area contributed by atoms with E-state index in [9.17, 15) is 21.6 Å². The Balaban J connectivity index is 1.73. The standard InChI is InChI=1S/C21H21F3N4O2S/c1-31(29,30)27-9-6-14(7-10-27)18-13-25-20(15-2-4-16(22)5-3-15)12-17(18)19-8-11-28(26-19)21(23)24/h2-5,8,11-14,21H,6-7,9-10H2,1H3. The lowest BCUT2D eigenvalue weighted by atomic mass is 9.87. The summed E-state index contributed by atoms with van der Waals surface area (Å²) in [6.45, 7) is -1.99. The van der Waals surface area contributed by atoms with E-state index in [0.717, 1.165) is 5.56 Å². The first kappa shape index (κ1) is 21.5. The molecule has 0 atom stereocenters. The number of halogens is 3. The van der Waals surface area contributed by atoms with E-state index < -0.39 is 16.6 Å². The highest BCUT2D eigenvalue weighted by molar-refractivity contribution is 7.88. The van der Waals surface area contributed by atoms with Crippen molar-refractivity contribution in [2.45, 2.75) is 25.3 Å². The third-order valence-electron chi connectivity index (χ3n) is 5.52. The number of pyridine rings is 1. The Morgan fingerprint density at radius 1 is 1.06 bits per heavy atom. The molecule has 1 fully saturated rings. The van der Waals surface area contributed by atoms with Crippen LogP contribution in [0.25, 0.3) is 22.5 Å². The van der Waals surface area contributed by atoms with Gasteiger partial charge in [-0.3, -0.25) is 4.98 Å². The third kappa shape index (κ3) is 4.64. The third-order valence-corrected chi connectivity index (χ3v) is 6.82. The van der Waals surface area contributed by atoms with Crippen LogP contribution >= 0.6 is 0 Å². The predicted molar refractivity (Wildman–Crippen MR) is 110 cm³/mol. The summed E-state index contributed by atoms with van der Waals surface area (Å²) in [6.07, 6.45) is 5.28. The molecule has 4 rings (SSSR count). The number of rotatable bonds is 5. The van der Waals surface area contributed by atoms with Crippen LogP contribution in [0.15, 0.2) is 48.8 Å². The molecular formula is C21H21F3N4O2S. The molecule has 0 radical (unpaired) electrons. The largest absolute Gasteiger partial charge is 0.333 e. The Morgan fingerprint density at radius 3 is 2.32 bits per heavy atom. The topological polar surface area (TPSA) is 68.1 Å². The highest BCUT2D eigenvalue weighted by atomic mass is 32.2. The van der Waals surface area contributed by atoms with Crippen LogP contribution in [-0.2, 0) is 10.0 Å². The minimum absolute atomic E-state index is 0.0134. The van der Waals surface area contributed by atoms with E-state index in [1.165, 1.54) is 35.0 Å². The molecule has 164 valence electrons. The maximum Gasteiger partial charge on any atom is 0.333 e. The first-order chi connectivity index (χ1) is 14.7. The van der Waals surface area contributed by atoms with Gasteiger partial charge in [-0.05, 0) is 60.7 Å². The molecule has 31 heavy (non-hydrogen) atoms. The number of sulfonamides is 1. The second-order valence-electron chi connectivity index (χ2n) is 7.56. The quantitative estimate of drug-likeness (QED) is 0.582. The molecule has 0 amide bonds. The zero-order valence-electron chi connectivity index (χ0n) is 16.7. The van der Waals surface area contributed by atoms with Gasteiger partial charge in [0.2, 0.25) is 10.0 Å². The van der Waals surface area contributed by atoms with Crippen molar-refractivity contribution in [1.82, 2.24) is 19.1 Å². The van der Waals surface area contributed by atoms with E-state index in [0.29, 0.717) is 53.1 Å². The molecule has 6 nitrogen and oxygen atoms in total. The van der Waals surface area contributed by atoms with Crippen molar-refractivity contribution < 1.29 is 21.6 Å². The number of alkyl halides is 2. The van der Waals surface area contributed by atoms with E-state index in [1.807, 2.05) is 0 Å². The van der Waals surface area contributed by atoms with Crippen molar-refractivity contribution in [3.63, 3.8) is 0 Å². The van der Waals surface area contributed by atoms with Gasteiger partial charge in [-0.2, -0.15) is 13.9 Å². The van der Waals surface area contributed by atoms with Gasteiger partial charge in [-0.1, -0.05) is 0 Å². The number of aromatic nitrogens is 3. The van der Waals surface area contributed by atoms with Crippen molar-refractivity contribution in [1.29, 1.82) is 0 Å². The fourth-order valence-corrected chi connectivity index (χ4v) is 4.75. The normalized spacial score (nSPS) is 16.2. The monoisotopic (exact) mass is 450 g/mol. The fraction of sp³-hybridized carbons (Fsp3) is 0.333. The van der Waals surface area contributed by atoms with Crippen molar-refractivity contribution in [2.75, 3.05) is 19.3 Å². The SMILES string of the molecule is CS(=O)(=O)N1CCC(c2cnc(-c3ccc(F)cc3)cc2-c2ccn(C(F)F)n2)CC1. The van der Waals surface area contributed by atoms with Gasteiger partial charge in [-0.25, -0.2) is 21.8 Å². The summed E-state index contributed by atoms with van der Waals surface area (Å²) in [5, 5.41) is 4.01. The van der Waals surface area contributed by atoms with E-state index in [2.05, 4.69) is 10.1 Å². The predicted octanol–water partition coefficient (Wildman–Crippen LogP) is 4.29. The summed E-state index contributed by atoms with van der Waals surface area (Å²) in [5.41, 5.74) is 3.13. The second kappa shape index (κ2) is 8.43. The van der Waals surface area contributed by atoms with Crippen molar-refractivity contribution in [2.24, 2.45) is 0 Å². The van der Waals surface area contributed by atoms with Crippen LogP contribution in [0.3, 0.4) is 0 Å². The van der Waals surface area contributed by atoms with Crippen LogP contribution < -0.4 is 0 Å². The number of hydrogen-bond donors (Lipinski definition) is 0. The Kier molecular flexibility index (Phi) is 5.85. The van der Waals surface area contributed by atoms with Crippen molar-refractivity contribution in [3.8, 4) is 22.5 Å². The molecule has 1 aliphatic rings. The maximum atomic E-state index is 13.3. The summed E-state index contributed by atoms with van der Waals surface area (Å²) >= 11 is 0. The Hall–Kier alpha value is -2.72. The van der Waals surface area contributed by atoms with Gasteiger partial charge in [0.25, 0.3) is 0 Å². The molecule has 3 heterocycles. The Morgan fingerprint density at radius 2 is 1.74 bits per heavy atom. The number of benzene rings is 1. The van der Waals surface area contributed by atoms with Crippen LogP contribution in [0.2, 0.25) is 0 Å². The van der Waals surface area contributed by atoms with Crippen molar-refractivity contribution in [3.05, 3.63) is 60.2 Å². The zero-order chi connectivity index (χ0) is 22.2. The molecule has 0 saturated carbocycles. The first-order valence-electron chi connectivity index (χ1n) is 9.77. The van der Waals surface area contributed by atoms with E-state index in [-0.39, 0.29) is 11.7 Å².